The molecular formula is C18H15ClN2O4. The Labute approximate surface area is 149 Å². The minimum Gasteiger partial charge on any atom is -0.496 e. The standard InChI is InChI=1S/C18H15ClN2O4/c1-24-16-5-3-2-4-12(16)8-18(23)25-11-17(22)21-14-7-6-13(10-20)15(19)9-14/h2-7,9H,8,11H2,1H3,(H,21,22). The van der Waals surface area contributed by atoms with Crippen LogP contribution in [-0.4, -0.2) is 25.6 Å². The average molecular weight is 359 g/mol. The molecule has 0 atom stereocenters. The van der Waals surface area contributed by atoms with E-state index in [0.717, 1.165) is 0 Å². The van der Waals surface area contributed by atoms with E-state index in [0.29, 0.717) is 22.6 Å². The van der Waals surface area contributed by atoms with Crippen LogP contribution in [0.3, 0.4) is 0 Å². The third-order valence-corrected chi connectivity index (χ3v) is 3.58. The van der Waals surface area contributed by atoms with Gasteiger partial charge in [-0.1, -0.05) is 29.8 Å². The average Bonchev–Trinajstić information content (AvgIpc) is 2.60. The van der Waals surface area contributed by atoms with E-state index >= 15 is 0 Å². The number of benzene rings is 2. The van der Waals surface area contributed by atoms with E-state index in [9.17, 15) is 9.59 Å². The molecule has 0 saturated heterocycles. The van der Waals surface area contributed by atoms with Crippen LogP contribution in [0, 0.1) is 11.3 Å². The summed E-state index contributed by atoms with van der Waals surface area (Å²) in [4.78, 5) is 23.7. The van der Waals surface area contributed by atoms with Gasteiger partial charge in [-0.3, -0.25) is 9.59 Å². The summed E-state index contributed by atoms with van der Waals surface area (Å²) < 4.78 is 10.1. The number of para-hydroxylation sites is 1. The summed E-state index contributed by atoms with van der Waals surface area (Å²) in [6, 6.07) is 13.5. The number of hydrogen-bond donors (Lipinski definition) is 1. The summed E-state index contributed by atoms with van der Waals surface area (Å²) in [7, 11) is 1.51. The third-order valence-electron chi connectivity index (χ3n) is 3.26. The molecule has 0 aliphatic rings. The van der Waals surface area contributed by atoms with Gasteiger partial charge in [0.1, 0.15) is 11.8 Å². The Hall–Kier alpha value is -3.04. The van der Waals surface area contributed by atoms with Gasteiger partial charge in [0.2, 0.25) is 0 Å². The molecule has 2 rings (SSSR count). The van der Waals surface area contributed by atoms with Crippen molar-refractivity contribution in [3.63, 3.8) is 0 Å². The Morgan fingerprint density at radius 2 is 2.00 bits per heavy atom. The molecule has 0 fully saturated rings. The van der Waals surface area contributed by atoms with Gasteiger partial charge >= 0.3 is 5.97 Å². The number of amides is 1. The Kier molecular flexibility index (Phi) is 6.38. The fourth-order valence-electron chi connectivity index (χ4n) is 2.08. The molecule has 128 valence electrons. The molecule has 0 aromatic heterocycles. The van der Waals surface area contributed by atoms with E-state index in [1.165, 1.54) is 19.2 Å². The lowest BCUT2D eigenvalue weighted by Gasteiger charge is -2.09. The SMILES string of the molecule is COc1ccccc1CC(=O)OCC(=O)Nc1ccc(C#N)c(Cl)c1. The zero-order chi connectivity index (χ0) is 18.2. The van der Waals surface area contributed by atoms with E-state index in [4.69, 9.17) is 26.3 Å². The number of nitrogens with one attached hydrogen (secondary N) is 1. The number of rotatable bonds is 6. The van der Waals surface area contributed by atoms with E-state index in [2.05, 4.69) is 5.32 Å². The second-order valence-corrected chi connectivity index (χ2v) is 5.41. The molecule has 25 heavy (non-hydrogen) atoms. The number of esters is 1. The van der Waals surface area contributed by atoms with E-state index < -0.39 is 18.5 Å². The summed E-state index contributed by atoms with van der Waals surface area (Å²) >= 11 is 5.89. The zero-order valence-corrected chi connectivity index (χ0v) is 14.2. The van der Waals surface area contributed by atoms with Crippen molar-refractivity contribution in [1.29, 1.82) is 5.26 Å². The maximum absolute atomic E-state index is 11.9. The molecule has 2 aromatic rings. The van der Waals surface area contributed by atoms with Crippen LogP contribution in [0.25, 0.3) is 0 Å². The fourth-order valence-corrected chi connectivity index (χ4v) is 2.30. The smallest absolute Gasteiger partial charge is 0.310 e. The minimum atomic E-state index is -0.544. The maximum atomic E-state index is 11.9. The van der Waals surface area contributed by atoms with Crippen LogP contribution in [-0.2, 0) is 20.7 Å². The fraction of sp³-hybridized carbons (Fsp3) is 0.167. The summed E-state index contributed by atoms with van der Waals surface area (Å²) in [6.45, 7) is -0.425. The van der Waals surface area contributed by atoms with E-state index in [1.54, 1.807) is 30.3 Å². The highest BCUT2D eigenvalue weighted by molar-refractivity contribution is 6.32. The van der Waals surface area contributed by atoms with Gasteiger partial charge in [0.25, 0.3) is 5.91 Å². The summed E-state index contributed by atoms with van der Waals surface area (Å²) in [5.41, 5.74) is 1.40. The number of nitrogens with zero attached hydrogens (tertiary/aromatic N) is 1. The third kappa shape index (κ3) is 5.23. The lowest BCUT2D eigenvalue weighted by Crippen LogP contribution is -2.21. The molecule has 6 nitrogen and oxygen atoms in total. The maximum Gasteiger partial charge on any atom is 0.310 e. The Morgan fingerprint density at radius 3 is 2.68 bits per heavy atom. The largest absolute Gasteiger partial charge is 0.496 e. The summed E-state index contributed by atoms with van der Waals surface area (Å²) in [6.07, 6.45) is -0.0000120. The quantitative estimate of drug-likeness (QED) is 0.802. The van der Waals surface area contributed by atoms with Gasteiger partial charge < -0.3 is 14.8 Å². The van der Waals surface area contributed by atoms with Crippen molar-refractivity contribution in [3.05, 3.63) is 58.6 Å². The molecular weight excluding hydrogens is 344 g/mol. The first kappa shape index (κ1) is 18.3. The van der Waals surface area contributed by atoms with Crippen LogP contribution in [0.5, 0.6) is 5.75 Å². The number of anilines is 1. The number of carbonyl (C=O) groups is 2. The number of nitriles is 1. The highest BCUT2D eigenvalue weighted by Gasteiger charge is 2.12. The molecule has 2 aromatic carbocycles. The topological polar surface area (TPSA) is 88.4 Å². The van der Waals surface area contributed by atoms with Crippen molar-refractivity contribution in [2.75, 3.05) is 19.0 Å². The molecule has 0 bridgehead atoms. The minimum absolute atomic E-state index is 0.0000120. The summed E-state index contributed by atoms with van der Waals surface area (Å²) in [5.74, 6) is -0.470. The first-order valence-electron chi connectivity index (χ1n) is 7.30. The highest BCUT2D eigenvalue weighted by Crippen LogP contribution is 2.20. The molecule has 1 amide bonds. The number of methoxy groups -OCH3 is 1. The van der Waals surface area contributed by atoms with Gasteiger partial charge in [-0.05, 0) is 24.3 Å². The van der Waals surface area contributed by atoms with Crippen LogP contribution in [0.15, 0.2) is 42.5 Å². The predicted molar refractivity (Wildman–Crippen MR) is 92.5 cm³/mol. The molecule has 7 heteroatoms. The van der Waals surface area contributed by atoms with Crippen LogP contribution >= 0.6 is 11.6 Å². The van der Waals surface area contributed by atoms with Crippen LogP contribution in [0.4, 0.5) is 5.69 Å². The highest BCUT2D eigenvalue weighted by atomic mass is 35.5. The number of ether oxygens (including phenoxy) is 2. The van der Waals surface area contributed by atoms with Gasteiger partial charge in [0, 0.05) is 11.3 Å². The van der Waals surface area contributed by atoms with Crippen molar-refractivity contribution in [3.8, 4) is 11.8 Å². The molecule has 0 spiro atoms. The first-order valence-corrected chi connectivity index (χ1v) is 7.68. The number of carbonyl (C=O) groups excluding carboxylic acids is 2. The molecule has 0 aliphatic carbocycles. The van der Waals surface area contributed by atoms with Gasteiger partial charge in [-0.25, -0.2) is 0 Å². The molecule has 1 N–H and O–H groups in total. The number of hydrogen-bond acceptors (Lipinski definition) is 5. The van der Waals surface area contributed by atoms with Gasteiger partial charge in [0.15, 0.2) is 6.61 Å². The van der Waals surface area contributed by atoms with Gasteiger partial charge in [-0.15, -0.1) is 0 Å². The lowest BCUT2D eigenvalue weighted by molar-refractivity contribution is -0.146. The predicted octanol–water partition coefficient (Wildman–Crippen LogP) is 2.94. The molecule has 0 heterocycles. The number of halogens is 1. The normalized spacial score (nSPS) is 9.80. The molecule has 0 saturated carbocycles. The molecule has 0 unspecified atom stereocenters. The van der Waals surface area contributed by atoms with Gasteiger partial charge in [-0.2, -0.15) is 5.26 Å². The van der Waals surface area contributed by atoms with Crippen LogP contribution in [0.1, 0.15) is 11.1 Å². The monoisotopic (exact) mass is 358 g/mol. The van der Waals surface area contributed by atoms with Crippen molar-refractivity contribution < 1.29 is 19.1 Å². The lowest BCUT2D eigenvalue weighted by atomic mass is 10.1. The summed E-state index contributed by atoms with van der Waals surface area (Å²) in [5, 5.41) is 11.6. The van der Waals surface area contributed by atoms with Crippen LogP contribution < -0.4 is 10.1 Å². The van der Waals surface area contributed by atoms with Crippen molar-refractivity contribution >= 4 is 29.2 Å². The molecule has 0 radical (unpaired) electrons. The zero-order valence-electron chi connectivity index (χ0n) is 13.4. The van der Waals surface area contributed by atoms with Crippen molar-refractivity contribution in [2.24, 2.45) is 0 Å². The van der Waals surface area contributed by atoms with E-state index in [1.807, 2.05) is 6.07 Å². The van der Waals surface area contributed by atoms with Crippen molar-refractivity contribution in [2.45, 2.75) is 6.42 Å². The van der Waals surface area contributed by atoms with E-state index in [-0.39, 0.29) is 11.4 Å². The second kappa shape index (κ2) is 8.71. The van der Waals surface area contributed by atoms with Crippen LogP contribution in [0.2, 0.25) is 5.02 Å². The van der Waals surface area contributed by atoms with Gasteiger partial charge in [0.05, 0.1) is 24.1 Å². The second-order valence-electron chi connectivity index (χ2n) is 5.00. The Balaban J connectivity index is 1.86. The molecule has 0 aliphatic heterocycles. The Bertz CT molecular complexity index is 830. The first-order chi connectivity index (χ1) is 12.0. The van der Waals surface area contributed by atoms with Crippen molar-refractivity contribution in [1.82, 2.24) is 0 Å². The Morgan fingerprint density at radius 1 is 1.24 bits per heavy atom.